The van der Waals surface area contributed by atoms with Gasteiger partial charge in [-0.3, -0.25) is 9.59 Å². The zero-order valence-corrected chi connectivity index (χ0v) is 14.9. The van der Waals surface area contributed by atoms with Crippen molar-refractivity contribution in [3.63, 3.8) is 0 Å². The Labute approximate surface area is 159 Å². The number of nitrogens with two attached hydrogens (primary N) is 1. The molecular weight excluding hydrogens is 367 g/mol. The van der Waals surface area contributed by atoms with E-state index in [9.17, 15) is 14.1 Å². The van der Waals surface area contributed by atoms with Gasteiger partial charge >= 0.3 is 5.82 Å². The fraction of sp³-hybridized carbons (Fsp3) is 0.222. The summed E-state index contributed by atoms with van der Waals surface area (Å²) in [5.74, 6) is -0.731. The third-order valence-electron chi connectivity index (χ3n) is 4.58. The molecule has 28 heavy (non-hydrogen) atoms. The predicted molar refractivity (Wildman–Crippen MR) is 98.1 cm³/mol. The number of primary amides is 1. The molecule has 0 spiro atoms. The van der Waals surface area contributed by atoms with Crippen molar-refractivity contribution in [3.05, 3.63) is 53.5 Å². The number of halogens is 1. The lowest BCUT2D eigenvalue weighted by Gasteiger charge is -2.23. The first-order chi connectivity index (χ1) is 13.4. The first kappa shape index (κ1) is 17.9. The topological polar surface area (TPSA) is 118 Å². The molecule has 0 radical (unpaired) electrons. The zero-order chi connectivity index (χ0) is 19.9. The standard InChI is InChI=1S/C18H17FN6O3/c1-10-11-4-2-3-5-13(11)28-14(16(20)26)9-21-18(27)12-8-22-25(19)7-6-15(23-10)24-17(12)25/h2-8,10,14H,9H2,1H3,(H3-,20,21,22,23,24,26,27)/p+1. The number of para-hydroxylation sites is 1. The quantitative estimate of drug-likeness (QED) is 0.612. The molecule has 0 fully saturated rings. The highest BCUT2D eigenvalue weighted by atomic mass is 19.2. The van der Waals surface area contributed by atoms with Crippen LogP contribution in [0.15, 0.2) is 58.0 Å². The van der Waals surface area contributed by atoms with Gasteiger partial charge < -0.3 is 21.1 Å². The number of amides is 2. The van der Waals surface area contributed by atoms with E-state index >= 15 is 0 Å². The molecule has 3 heterocycles. The summed E-state index contributed by atoms with van der Waals surface area (Å²) in [6.45, 7) is 1.68. The highest BCUT2D eigenvalue weighted by Crippen LogP contribution is 2.33. The molecule has 3 atom stereocenters. The number of ether oxygens (including phenoxy) is 1. The Balaban J connectivity index is 1.79. The van der Waals surface area contributed by atoms with E-state index in [1.165, 1.54) is 12.3 Å². The number of amidine groups is 1. The van der Waals surface area contributed by atoms with E-state index in [-0.39, 0.29) is 24.0 Å². The maximum Gasteiger partial charge on any atom is 0.316 e. The molecule has 144 valence electrons. The maximum atomic E-state index is 14.9. The van der Waals surface area contributed by atoms with Gasteiger partial charge in [-0.1, -0.05) is 18.2 Å². The summed E-state index contributed by atoms with van der Waals surface area (Å²) in [7, 11) is 0. The summed E-state index contributed by atoms with van der Waals surface area (Å²) >= 11 is 0. The number of nitrogens with zero attached hydrogens (tertiary/aromatic N) is 3. The van der Waals surface area contributed by atoms with Crippen LogP contribution in [0.25, 0.3) is 0 Å². The molecule has 3 unspecified atom stereocenters. The van der Waals surface area contributed by atoms with Gasteiger partial charge in [0.25, 0.3) is 11.8 Å². The van der Waals surface area contributed by atoms with Crippen LogP contribution in [0.1, 0.15) is 18.5 Å². The lowest BCUT2D eigenvalue weighted by Crippen LogP contribution is -2.44. The van der Waals surface area contributed by atoms with Gasteiger partial charge in [-0.25, -0.2) is 0 Å². The van der Waals surface area contributed by atoms with E-state index in [0.717, 1.165) is 11.8 Å². The van der Waals surface area contributed by atoms with Gasteiger partial charge in [-0.2, -0.15) is 4.99 Å². The Kier molecular flexibility index (Phi) is 4.19. The number of carbonyl (C=O) groups is 2. The third kappa shape index (κ3) is 3.03. The number of rotatable bonds is 1. The second-order valence-corrected chi connectivity index (χ2v) is 6.52. The molecule has 1 aromatic carbocycles. The Morgan fingerprint density at radius 3 is 2.96 bits per heavy atom. The van der Waals surface area contributed by atoms with Crippen LogP contribution in [0.5, 0.6) is 5.75 Å². The Bertz CT molecular complexity index is 985. The normalized spacial score (nSPS) is 28.6. The SMILES string of the molecule is CC1NC2=NC3=C(C=N[N+]3(F)C=C2)C(=O)NCC(C(N)=O)Oc2ccccc21. The van der Waals surface area contributed by atoms with Crippen molar-refractivity contribution in [1.82, 2.24) is 10.6 Å². The number of quaternary nitrogens is 1. The van der Waals surface area contributed by atoms with Crippen LogP contribution in [0.3, 0.4) is 0 Å². The lowest BCUT2D eigenvalue weighted by atomic mass is 10.1. The molecule has 4 N–H and O–H groups in total. The van der Waals surface area contributed by atoms with Crippen LogP contribution in [0.2, 0.25) is 0 Å². The van der Waals surface area contributed by atoms with Crippen molar-refractivity contribution in [2.75, 3.05) is 6.54 Å². The highest BCUT2D eigenvalue weighted by molar-refractivity contribution is 6.13. The van der Waals surface area contributed by atoms with E-state index in [1.807, 2.05) is 19.1 Å². The van der Waals surface area contributed by atoms with Crippen LogP contribution in [0.4, 0.5) is 4.48 Å². The lowest BCUT2D eigenvalue weighted by molar-refractivity contribution is -0.987. The summed E-state index contributed by atoms with van der Waals surface area (Å²) in [5.41, 5.74) is 6.14. The first-order valence-corrected chi connectivity index (χ1v) is 8.64. The minimum atomic E-state index is -1.45. The Hall–Kier alpha value is -3.53. The number of carbonyl (C=O) groups excluding carboxylic acids is 2. The fourth-order valence-electron chi connectivity index (χ4n) is 3.10. The van der Waals surface area contributed by atoms with Crippen LogP contribution >= 0.6 is 0 Å². The summed E-state index contributed by atoms with van der Waals surface area (Å²) < 4.78 is 20.7. The van der Waals surface area contributed by atoms with Gasteiger partial charge in [-0.15, -0.1) is 0 Å². The van der Waals surface area contributed by atoms with E-state index in [4.69, 9.17) is 10.5 Å². The van der Waals surface area contributed by atoms with Crippen LogP contribution in [-0.2, 0) is 9.59 Å². The van der Waals surface area contributed by atoms with E-state index < -0.39 is 22.7 Å². The monoisotopic (exact) mass is 385 g/mol. The van der Waals surface area contributed by atoms with Crippen LogP contribution in [-0.4, -0.2) is 41.3 Å². The highest BCUT2D eigenvalue weighted by Gasteiger charge is 2.45. The van der Waals surface area contributed by atoms with Crippen molar-refractivity contribution >= 4 is 23.9 Å². The van der Waals surface area contributed by atoms with Gasteiger partial charge in [0.15, 0.2) is 17.9 Å². The molecule has 10 heteroatoms. The molecule has 0 saturated heterocycles. The number of benzene rings is 1. The average Bonchev–Trinajstić information content (AvgIpc) is 3.01. The minimum Gasteiger partial charge on any atom is -0.478 e. The third-order valence-corrected chi connectivity index (χ3v) is 4.58. The number of aliphatic imine (C=N–C) groups is 1. The number of hydrogen-bond acceptors (Lipinski definition) is 6. The zero-order valence-electron chi connectivity index (χ0n) is 14.9. The summed E-state index contributed by atoms with van der Waals surface area (Å²) in [6, 6.07) is 6.84. The average molecular weight is 385 g/mol. The largest absolute Gasteiger partial charge is 0.478 e. The molecular formula is C18H18FN6O3+. The number of fused-ring (bicyclic) bond motifs is 1. The molecule has 3 aliphatic heterocycles. The van der Waals surface area contributed by atoms with Gasteiger partial charge in [0.2, 0.25) is 0 Å². The van der Waals surface area contributed by atoms with Gasteiger partial charge in [0.1, 0.15) is 17.8 Å². The van der Waals surface area contributed by atoms with E-state index in [2.05, 4.69) is 20.7 Å². The Morgan fingerprint density at radius 1 is 1.39 bits per heavy atom. The molecule has 2 amide bonds. The van der Waals surface area contributed by atoms with Crippen LogP contribution < -0.4 is 21.1 Å². The maximum absolute atomic E-state index is 14.9. The predicted octanol–water partition coefficient (Wildman–Crippen LogP) is 0.538. The summed E-state index contributed by atoms with van der Waals surface area (Å²) in [4.78, 5) is 27.2. The van der Waals surface area contributed by atoms with Crippen molar-refractivity contribution in [2.24, 2.45) is 15.8 Å². The van der Waals surface area contributed by atoms with Crippen LogP contribution in [0, 0.1) is 0 Å². The minimum absolute atomic E-state index is 0.0428. The smallest absolute Gasteiger partial charge is 0.316 e. The van der Waals surface area contributed by atoms with Gasteiger partial charge in [0, 0.05) is 16.1 Å². The first-order valence-electron chi connectivity index (χ1n) is 8.64. The van der Waals surface area contributed by atoms with Crippen molar-refractivity contribution in [1.29, 1.82) is 0 Å². The summed E-state index contributed by atoms with van der Waals surface area (Å²) in [6.07, 6.45) is 2.64. The van der Waals surface area contributed by atoms with Gasteiger partial charge in [-0.05, 0) is 18.1 Å². The fourth-order valence-corrected chi connectivity index (χ4v) is 3.10. The molecule has 4 rings (SSSR count). The Morgan fingerprint density at radius 2 is 2.18 bits per heavy atom. The van der Waals surface area contributed by atoms with Gasteiger partial charge in [0.05, 0.1) is 17.4 Å². The van der Waals surface area contributed by atoms with Crippen molar-refractivity contribution < 1.29 is 23.6 Å². The second-order valence-electron chi connectivity index (χ2n) is 6.52. The molecule has 3 aliphatic rings. The van der Waals surface area contributed by atoms with E-state index in [1.54, 1.807) is 12.1 Å². The molecule has 1 aromatic rings. The van der Waals surface area contributed by atoms with Crippen molar-refractivity contribution in [2.45, 2.75) is 19.1 Å². The molecule has 0 aliphatic carbocycles. The molecule has 2 bridgehead atoms. The second kappa shape index (κ2) is 6.57. The van der Waals surface area contributed by atoms with E-state index in [0.29, 0.717) is 11.6 Å². The summed E-state index contributed by atoms with van der Waals surface area (Å²) in [5, 5.41) is 9.40. The number of nitrogens with one attached hydrogen (secondary N) is 2. The molecule has 0 aromatic heterocycles. The van der Waals surface area contributed by atoms with Crippen molar-refractivity contribution in [3.8, 4) is 5.75 Å². The number of hydrogen-bond donors (Lipinski definition) is 3. The molecule has 0 saturated carbocycles. The molecule has 9 nitrogen and oxygen atoms in total.